The van der Waals surface area contributed by atoms with Crippen molar-refractivity contribution in [1.29, 1.82) is 0 Å². The number of rotatable bonds is 5. The lowest BCUT2D eigenvalue weighted by Crippen LogP contribution is -2.14. The summed E-state index contributed by atoms with van der Waals surface area (Å²) in [5.74, 6) is -2.14. The van der Waals surface area contributed by atoms with Gasteiger partial charge < -0.3 is 15.2 Å². The predicted octanol–water partition coefficient (Wildman–Crippen LogP) is 1.90. The second-order valence-electron chi connectivity index (χ2n) is 4.18. The lowest BCUT2D eigenvalue weighted by molar-refractivity contribution is 0.0691. The van der Waals surface area contributed by atoms with Crippen LogP contribution in [0.2, 0.25) is 0 Å². The Balaban J connectivity index is 1.92. The SMILES string of the molecule is O=C(O)c1ccnc(NCCC2CCCO2)c1F. The number of aromatic carboxylic acids is 1. The highest BCUT2D eigenvalue weighted by Gasteiger charge is 2.17. The van der Waals surface area contributed by atoms with E-state index in [1.165, 1.54) is 6.20 Å². The Hall–Kier alpha value is -1.69. The Morgan fingerprint density at radius 3 is 3.17 bits per heavy atom. The fourth-order valence-corrected chi connectivity index (χ4v) is 1.96. The van der Waals surface area contributed by atoms with Crippen molar-refractivity contribution >= 4 is 11.8 Å². The number of nitrogens with one attached hydrogen (secondary N) is 1. The van der Waals surface area contributed by atoms with Crippen molar-refractivity contribution in [2.24, 2.45) is 0 Å². The van der Waals surface area contributed by atoms with Crippen molar-refractivity contribution in [2.75, 3.05) is 18.5 Å². The maximum Gasteiger partial charge on any atom is 0.338 e. The van der Waals surface area contributed by atoms with Crippen LogP contribution in [0.5, 0.6) is 0 Å². The zero-order chi connectivity index (χ0) is 13.0. The lowest BCUT2D eigenvalue weighted by atomic mass is 10.2. The third kappa shape index (κ3) is 2.95. The molecule has 0 bridgehead atoms. The zero-order valence-electron chi connectivity index (χ0n) is 9.86. The molecular weight excluding hydrogens is 239 g/mol. The summed E-state index contributed by atoms with van der Waals surface area (Å²) in [4.78, 5) is 14.5. The van der Waals surface area contributed by atoms with Gasteiger partial charge in [-0.3, -0.25) is 0 Å². The van der Waals surface area contributed by atoms with Gasteiger partial charge >= 0.3 is 5.97 Å². The van der Waals surface area contributed by atoms with Crippen LogP contribution in [0.3, 0.4) is 0 Å². The van der Waals surface area contributed by atoms with Crippen LogP contribution in [0.25, 0.3) is 0 Å². The van der Waals surface area contributed by atoms with Gasteiger partial charge in [-0.15, -0.1) is 0 Å². The zero-order valence-corrected chi connectivity index (χ0v) is 9.86. The van der Waals surface area contributed by atoms with E-state index in [0.29, 0.717) is 6.54 Å². The standard InChI is InChI=1S/C12H15FN2O3/c13-10-9(12(16)17)4-6-15-11(10)14-5-3-8-2-1-7-18-8/h4,6,8H,1-3,5,7H2,(H,14,15)(H,16,17). The number of pyridine rings is 1. The molecule has 98 valence electrons. The van der Waals surface area contributed by atoms with Crippen LogP contribution in [0, 0.1) is 5.82 Å². The average molecular weight is 254 g/mol. The van der Waals surface area contributed by atoms with Gasteiger partial charge in [0.25, 0.3) is 0 Å². The monoisotopic (exact) mass is 254 g/mol. The number of nitrogens with zero attached hydrogens (tertiary/aromatic N) is 1. The van der Waals surface area contributed by atoms with E-state index >= 15 is 0 Å². The number of aromatic nitrogens is 1. The molecule has 1 aromatic heterocycles. The number of ether oxygens (including phenoxy) is 1. The summed E-state index contributed by atoms with van der Waals surface area (Å²) in [6, 6.07) is 1.14. The summed E-state index contributed by atoms with van der Waals surface area (Å²) < 4.78 is 19.1. The minimum atomic E-state index is -1.29. The van der Waals surface area contributed by atoms with Gasteiger partial charge in [0.15, 0.2) is 11.6 Å². The Bertz CT molecular complexity index is 433. The van der Waals surface area contributed by atoms with Gasteiger partial charge in [0, 0.05) is 19.3 Å². The van der Waals surface area contributed by atoms with Crippen LogP contribution in [-0.4, -0.2) is 35.3 Å². The average Bonchev–Trinajstić information content (AvgIpc) is 2.84. The fourth-order valence-electron chi connectivity index (χ4n) is 1.96. The van der Waals surface area contributed by atoms with Crippen molar-refractivity contribution in [2.45, 2.75) is 25.4 Å². The van der Waals surface area contributed by atoms with Crippen LogP contribution in [-0.2, 0) is 4.74 Å². The van der Waals surface area contributed by atoms with Crippen LogP contribution in [0.4, 0.5) is 10.2 Å². The van der Waals surface area contributed by atoms with E-state index in [2.05, 4.69) is 10.3 Å². The Labute approximate surface area is 104 Å². The molecule has 0 radical (unpaired) electrons. The molecule has 2 N–H and O–H groups in total. The normalized spacial score (nSPS) is 18.8. The maximum absolute atomic E-state index is 13.7. The summed E-state index contributed by atoms with van der Waals surface area (Å²) in [6.07, 6.45) is 4.33. The molecule has 6 heteroatoms. The molecule has 2 heterocycles. The minimum absolute atomic E-state index is 0.0205. The Kier molecular flexibility index (Phi) is 4.09. The molecule has 2 rings (SSSR count). The first-order valence-corrected chi connectivity index (χ1v) is 5.91. The second kappa shape index (κ2) is 5.77. The van der Waals surface area contributed by atoms with E-state index in [1.807, 2.05) is 0 Å². The fraction of sp³-hybridized carbons (Fsp3) is 0.500. The van der Waals surface area contributed by atoms with E-state index in [-0.39, 0.29) is 17.5 Å². The number of carbonyl (C=O) groups is 1. The van der Waals surface area contributed by atoms with E-state index in [1.54, 1.807) is 0 Å². The molecule has 0 spiro atoms. The Morgan fingerprint density at radius 2 is 2.50 bits per heavy atom. The molecule has 1 aliphatic heterocycles. The summed E-state index contributed by atoms with van der Waals surface area (Å²) in [6.45, 7) is 1.30. The van der Waals surface area contributed by atoms with Gasteiger partial charge in [-0.25, -0.2) is 14.2 Å². The number of hydrogen-bond acceptors (Lipinski definition) is 4. The third-order valence-corrected chi connectivity index (χ3v) is 2.90. The molecule has 5 nitrogen and oxygen atoms in total. The molecule has 0 saturated carbocycles. The highest BCUT2D eigenvalue weighted by atomic mass is 19.1. The van der Waals surface area contributed by atoms with Crippen LogP contribution < -0.4 is 5.32 Å². The topological polar surface area (TPSA) is 71.5 Å². The van der Waals surface area contributed by atoms with Gasteiger partial charge in [0.05, 0.1) is 6.10 Å². The molecule has 1 aliphatic rings. The smallest absolute Gasteiger partial charge is 0.338 e. The quantitative estimate of drug-likeness (QED) is 0.839. The van der Waals surface area contributed by atoms with E-state index in [4.69, 9.17) is 9.84 Å². The molecule has 0 aliphatic carbocycles. The van der Waals surface area contributed by atoms with Gasteiger partial charge in [-0.2, -0.15) is 0 Å². The highest BCUT2D eigenvalue weighted by Crippen LogP contribution is 2.17. The second-order valence-corrected chi connectivity index (χ2v) is 4.18. The molecule has 1 unspecified atom stereocenters. The summed E-state index contributed by atoms with van der Waals surface area (Å²) in [5.41, 5.74) is -0.371. The Morgan fingerprint density at radius 1 is 1.67 bits per heavy atom. The first-order chi connectivity index (χ1) is 8.68. The van der Waals surface area contributed by atoms with Crippen molar-refractivity contribution < 1.29 is 19.0 Å². The molecular formula is C12H15FN2O3. The van der Waals surface area contributed by atoms with Gasteiger partial charge in [0.1, 0.15) is 5.56 Å². The van der Waals surface area contributed by atoms with Gasteiger partial charge in [-0.1, -0.05) is 0 Å². The van der Waals surface area contributed by atoms with Gasteiger partial charge in [0.2, 0.25) is 0 Å². The number of carboxylic acids is 1. The predicted molar refractivity (Wildman–Crippen MR) is 63.2 cm³/mol. The molecule has 1 aromatic rings. The third-order valence-electron chi connectivity index (χ3n) is 2.90. The molecule has 1 fully saturated rings. The number of hydrogen-bond donors (Lipinski definition) is 2. The van der Waals surface area contributed by atoms with Gasteiger partial charge in [-0.05, 0) is 25.3 Å². The molecule has 0 aromatic carbocycles. The lowest BCUT2D eigenvalue weighted by Gasteiger charge is -2.11. The summed E-state index contributed by atoms with van der Waals surface area (Å²) >= 11 is 0. The van der Waals surface area contributed by atoms with Crippen molar-refractivity contribution in [3.63, 3.8) is 0 Å². The molecule has 1 saturated heterocycles. The van der Waals surface area contributed by atoms with E-state index in [9.17, 15) is 9.18 Å². The van der Waals surface area contributed by atoms with Crippen LogP contribution >= 0.6 is 0 Å². The largest absolute Gasteiger partial charge is 0.478 e. The maximum atomic E-state index is 13.7. The molecule has 18 heavy (non-hydrogen) atoms. The molecule has 1 atom stereocenters. The van der Waals surface area contributed by atoms with Crippen molar-refractivity contribution in [1.82, 2.24) is 4.98 Å². The van der Waals surface area contributed by atoms with Crippen LogP contribution in [0.1, 0.15) is 29.6 Å². The van der Waals surface area contributed by atoms with Crippen LogP contribution in [0.15, 0.2) is 12.3 Å². The van der Waals surface area contributed by atoms with Crippen molar-refractivity contribution in [3.8, 4) is 0 Å². The summed E-state index contributed by atoms with van der Waals surface area (Å²) in [7, 11) is 0. The minimum Gasteiger partial charge on any atom is -0.478 e. The van der Waals surface area contributed by atoms with E-state index < -0.39 is 11.8 Å². The van der Waals surface area contributed by atoms with E-state index in [0.717, 1.165) is 31.9 Å². The highest BCUT2D eigenvalue weighted by molar-refractivity contribution is 5.88. The number of anilines is 1. The number of halogens is 1. The first-order valence-electron chi connectivity index (χ1n) is 5.91. The summed E-state index contributed by atoms with van der Waals surface area (Å²) in [5, 5.41) is 11.6. The first kappa shape index (κ1) is 12.8. The van der Waals surface area contributed by atoms with Crippen molar-refractivity contribution in [3.05, 3.63) is 23.6 Å². The molecule has 0 amide bonds. The number of carboxylic acid groups (broad SMARTS) is 1.